The summed E-state index contributed by atoms with van der Waals surface area (Å²) in [5.74, 6) is 0.411. The summed E-state index contributed by atoms with van der Waals surface area (Å²) in [5, 5.41) is 11.0. The Kier molecular flexibility index (Phi) is 5.29. The fraction of sp³-hybridized carbons (Fsp3) is 0.739. The van der Waals surface area contributed by atoms with Gasteiger partial charge in [0.15, 0.2) is 0 Å². The van der Waals surface area contributed by atoms with E-state index in [1.165, 1.54) is 0 Å². The van der Waals surface area contributed by atoms with Crippen molar-refractivity contribution in [2.75, 3.05) is 0 Å². The first-order valence-electron chi connectivity index (χ1n) is 9.42. The highest BCUT2D eigenvalue weighted by Gasteiger charge is 2.49. The summed E-state index contributed by atoms with van der Waals surface area (Å²) < 4.78 is 0. The number of nitrogens with two attached hydrogens (primary N) is 1. The minimum Gasteiger partial charge on any atom is -0.507 e. The van der Waals surface area contributed by atoms with Gasteiger partial charge in [0, 0.05) is 0 Å². The Bertz CT molecular complexity index is 579. The van der Waals surface area contributed by atoms with Crippen LogP contribution in [-0.2, 0) is 16.4 Å². The fourth-order valence-corrected chi connectivity index (χ4v) is 4.00. The molecule has 0 fully saturated rings. The van der Waals surface area contributed by atoms with Crippen LogP contribution in [-0.4, -0.2) is 5.11 Å². The van der Waals surface area contributed by atoms with Crippen molar-refractivity contribution in [3.63, 3.8) is 0 Å². The predicted molar refractivity (Wildman–Crippen MR) is 110 cm³/mol. The monoisotopic (exact) mass is 347 g/mol. The molecule has 0 aromatic heterocycles. The van der Waals surface area contributed by atoms with Crippen molar-refractivity contribution in [3.8, 4) is 5.75 Å². The smallest absolute Gasteiger partial charge is 0.123 e. The molecule has 0 radical (unpaired) electrons. The molecular formula is C23H41NO. The topological polar surface area (TPSA) is 46.2 Å². The van der Waals surface area contributed by atoms with E-state index in [0.29, 0.717) is 5.75 Å². The fourth-order valence-electron chi connectivity index (χ4n) is 4.00. The van der Waals surface area contributed by atoms with Crippen LogP contribution in [0, 0.1) is 10.8 Å². The first-order chi connectivity index (χ1) is 10.7. The zero-order chi connectivity index (χ0) is 20.2. The maximum atomic E-state index is 11.0. The Balaban J connectivity index is 4.00. The third-order valence-corrected chi connectivity index (χ3v) is 5.55. The average molecular weight is 348 g/mol. The van der Waals surface area contributed by atoms with Crippen molar-refractivity contribution in [2.45, 2.75) is 99.5 Å². The van der Waals surface area contributed by atoms with Crippen LogP contribution >= 0.6 is 0 Å². The molecule has 0 heterocycles. The number of phenolic OH excluding ortho intramolecular Hbond substituents is 1. The van der Waals surface area contributed by atoms with Crippen molar-refractivity contribution in [1.82, 2.24) is 0 Å². The molecule has 25 heavy (non-hydrogen) atoms. The third kappa shape index (κ3) is 3.89. The van der Waals surface area contributed by atoms with Crippen molar-refractivity contribution < 1.29 is 5.11 Å². The molecule has 0 saturated heterocycles. The Morgan fingerprint density at radius 1 is 0.640 bits per heavy atom. The Labute approximate surface area is 156 Å². The Hall–Kier alpha value is -1.02. The van der Waals surface area contributed by atoms with Crippen LogP contribution in [0.3, 0.4) is 0 Å². The van der Waals surface area contributed by atoms with Crippen LogP contribution in [0.4, 0.5) is 0 Å². The van der Waals surface area contributed by atoms with E-state index in [4.69, 9.17) is 5.73 Å². The molecule has 0 bridgehead atoms. The van der Waals surface area contributed by atoms with E-state index in [9.17, 15) is 5.11 Å². The second-order valence-electron chi connectivity index (χ2n) is 11.7. The van der Waals surface area contributed by atoms with Crippen molar-refractivity contribution in [3.05, 3.63) is 28.8 Å². The lowest BCUT2D eigenvalue weighted by molar-refractivity contribution is 0.0566. The highest BCUT2D eigenvalue weighted by molar-refractivity contribution is 5.52. The minimum atomic E-state index is -0.534. The van der Waals surface area contributed by atoms with Crippen LogP contribution in [0.5, 0.6) is 5.75 Å². The zero-order valence-corrected chi connectivity index (χ0v) is 18.7. The molecule has 1 aromatic carbocycles. The van der Waals surface area contributed by atoms with Gasteiger partial charge in [0.2, 0.25) is 0 Å². The van der Waals surface area contributed by atoms with Crippen molar-refractivity contribution in [2.24, 2.45) is 16.6 Å². The summed E-state index contributed by atoms with van der Waals surface area (Å²) in [5.41, 5.74) is 9.11. The second kappa shape index (κ2) is 6.01. The molecule has 3 N–H and O–H groups in total. The maximum absolute atomic E-state index is 11.0. The number of hydrogen-bond acceptors (Lipinski definition) is 2. The third-order valence-electron chi connectivity index (χ3n) is 5.55. The van der Waals surface area contributed by atoms with Gasteiger partial charge in [-0.3, -0.25) is 0 Å². The van der Waals surface area contributed by atoms with Crippen LogP contribution in [0.1, 0.15) is 99.8 Å². The zero-order valence-electron chi connectivity index (χ0n) is 18.7. The van der Waals surface area contributed by atoms with E-state index < -0.39 is 5.54 Å². The molecule has 2 nitrogen and oxygen atoms in total. The molecule has 144 valence electrons. The van der Waals surface area contributed by atoms with E-state index >= 15 is 0 Å². The molecule has 1 rings (SSSR count). The van der Waals surface area contributed by atoms with Gasteiger partial charge in [-0.1, -0.05) is 83.1 Å². The van der Waals surface area contributed by atoms with Gasteiger partial charge in [0.25, 0.3) is 0 Å². The highest BCUT2D eigenvalue weighted by atomic mass is 16.3. The van der Waals surface area contributed by atoms with Gasteiger partial charge in [0.05, 0.1) is 5.54 Å². The molecule has 0 aliphatic heterocycles. The van der Waals surface area contributed by atoms with Crippen molar-refractivity contribution in [1.29, 1.82) is 0 Å². The summed E-state index contributed by atoms with van der Waals surface area (Å²) in [6.07, 6.45) is 0. The standard InChI is InChI=1S/C23H41NO/c1-19(2,3)16-13-15(14-17(18(16)25)20(4,5)6)23(24,21(7,8)9)22(10,11)12/h13-14,25H,24H2,1-12H3. The van der Waals surface area contributed by atoms with Gasteiger partial charge in [-0.2, -0.15) is 0 Å². The predicted octanol–water partition coefficient (Wildman–Crippen LogP) is 6.23. The number of phenols is 1. The first-order valence-corrected chi connectivity index (χ1v) is 9.42. The molecule has 0 saturated carbocycles. The summed E-state index contributed by atoms with van der Waals surface area (Å²) in [4.78, 5) is 0. The van der Waals surface area contributed by atoms with Crippen molar-refractivity contribution >= 4 is 0 Å². The minimum absolute atomic E-state index is 0.132. The number of benzene rings is 1. The number of rotatable bonds is 1. The number of aromatic hydroxyl groups is 1. The summed E-state index contributed by atoms with van der Waals surface area (Å²) in [7, 11) is 0. The lowest BCUT2D eigenvalue weighted by Gasteiger charge is -2.52. The van der Waals surface area contributed by atoms with E-state index in [1.807, 2.05) is 0 Å². The maximum Gasteiger partial charge on any atom is 0.123 e. The molecule has 0 aliphatic rings. The normalized spacial score (nSPS) is 14.8. The van der Waals surface area contributed by atoms with Crippen LogP contribution < -0.4 is 5.73 Å². The van der Waals surface area contributed by atoms with Gasteiger partial charge in [-0.25, -0.2) is 0 Å². The summed E-state index contributed by atoms with van der Waals surface area (Å²) in [6, 6.07) is 4.28. The molecule has 0 unspecified atom stereocenters. The van der Waals surface area contributed by atoms with E-state index in [2.05, 4.69) is 95.2 Å². The molecule has 0 spiro atoms. The molecule has 2 heteroatoms. The van der Waals surface area contributed by atoms with E-state index in [0.717, 1.165) is 16.7 Å². The van der Waals surface area contributed by atoms with Crippen LogP contribution in [0.25, 0.3) is 0 Å². The second-order valence-corrected chi connectivity index (χ2v) is 11.7. The van der Waals surface area contributed by atoms with E-state index in [-0.39, 0.29) is 21.7 Å². The van der Waals surface area contributed by atoms with Gasteiger partial charge in [0.1, 0.15) is 5.75 Å². The molecule has 0 atom stereocenters. The lowest BCUT2D eigenvalue weighted by Crippen LogP contribution is -2.57. The number of hydrogen-bond donors (Lipinski definition) is 2. The molecule has 0 amide bonds. The molecule has 0 aliphatic carbocycles. The SMILES string of the molecule is CC(C)(C)c1cc(C(N)(C(C)(C)C)C(C)(C)C)cc(C(C)(C)C)c1O. The quantitative estimate of drug-likeness (QED) is 0.632. The van der Waals surface area contributed by atoms with Crippen LogP contribution in [0.2, 0.25) is 0 Å². The van der Waals surface area contributed by atoms with Gasteiger partial charge in [-0.15, -0.1) is 0 Å². The van der Waals surface area contributed by atoms with Gasteiger partial charge in [-0.05, 0) is 50.5 Å². The molecule has 1 aromatic rings. The van der Waals surface area contributed by atoms with Gasteiger partial charge < -0.3 is 10.8 Å². The molecular weight excluding hydrogens is 306 g/mol. The highest BCUT2D eigenvalue weighted by Crippen LogP contribution is 2.51. The Morgan fingerprint density at radius 3 is 1.12 bits per heavy atom. The van der Waals surface area contributed by atoms with Crippen LogP contribution in [0.15, 0.2) is 12.1 Å². The lowest BCUT2D eigenvalue weighted by atomic mass is 9.57. The van der Waals surface area contributed by atoms with E-state index in [1.54, 1.807) is 0 Å². The van der Waals surface area contributed by atoms with Gasteiger partial charge >= 0.3 is 0 Å². The summed E-state index contributed by atoms with van der Waals surface area (Å²) >= 11 is 0. The summed E-state index contributed by atoms with van der Waals surface area (Å²) in [6.45, 7) is 26.1. The Morgan fingerprint density at radius 2 is 0.920 bits per heavy atom. The average Bonchev–Trinajstić information content (AvgIpc) is 2.32. The first kappa shape index (κ1) is 22.0. The largest absolute Gasteiger partial charge is 0.507 e.